The normalized spacial score (nSPS) is 30.1. The van der Waals surface area contributed by atoms with E-state index in [1.165, 1.54) is 0 Å². The molecule has 2 aliphatic heterocycles. The lowest BCUT2D eigenvalue weighted by Crippen LogP contribution is -2.51. The fourth-order valence-electron chi connectivity index (χ4n) is 3.09. The van der Waals surface area contributed by atoms with Crippen LogP contribution in [0.15, 0.2) is 0 Å². The summed E-state index contributed by atoms with van der Waals surface area (Å²) in [4.78, 5) is 0. The Kier molecular flexibility index (Phi) is 5.81. The van der Waals surface area contributed by atoms with E-state index >= 15 is 0 Å². The molecule has 0 bridgehead atoms. The second kappa shape index (κ2) is 7.16. The third-order valence-electron chi connectivity index (χ3n) is 4.26. The van der Waals surface area contributed by atoms with Crippen molar-refractivity contribution >= 4 is 10.8 Å². The van der Waals surface area contributed by atoms with Crippen LogP contribution in [-0.2, 0) is 20.3 Å². The molecule has 2 rings (SSSR count). The van der Waals surface area contributed by atoms with Gasteiger partial charge in [-0.1, -0.05) is 0 Å². The maximum atomic E-state index is 11.1. The molecule has 19 heavy (non-hydrogen) atoms. The first-order chi connectivity index (χ1) is 9.10. The summed E-state index contributed by atoms with van der Waals surface area (Å²) in [6.07, 6.45) is 6.99. The molecule has 2 saturated heterocycles. The Labute approximate surface area is 119 Å². The van der Waals surface area contributed by atoms with Gasteiger partial charge in [0.25, 0.3) is 0 Å². The fourth-order valence-corrected chi connectivity index (χ4v) is 3.78. The van der Waals surface area contributed by atoms with Gasteiger partial charge in [0, 0.05) is 54.7 Å². The largest absolute Gasteiger partial charge is 0.381 e. The van der Waals surface area contributed by atoms with Gasteiger partial charge < -0.3 is 14.8 Å². The van der Waals surface area contributed by atoms with E-state index in [-0.39, 0.29) is 5.60 Å². The van der Waals surface area contributed by atoms with E-state index in [0.29, 0.717) is 12.1 Å². The van der Waals surface area contributed by atoms with E-state index in [1.807, 2.05) is 0 Å². The highest BCUT2D eigenvalue weighted by Crippen LogP contribution is 2.34. The van der Waals surface area contributed by atoms with Gasteiger partial charge in [-0.15, -0.1) is 0 Å². The lowest BCUT2D eigenvalue weighted by molar-refractivity contribution is -0.140. The predicted octanol–water partition coefficient (Wildman–Crippen LogP) is 1.46. The van der Waals surface area contributed by atoms with Crippen molar-refractivity contribution in [2.75, 3.05) is 31.8 Å². The summed E-state index contributed by atoms with van der Waals surface area (Å²) in [6.45, 7) is 4.71. The van der Waals surface area contributed by atoms with Gasteiger partial charge in [-0.3, -0.25) is 4.21 Å². The predicted molar refractivity (Wildman–Crippen MR) is 77.9 cm³/mol. The Morgan fingerprint density at radius 2 is 2.11 bits per heavy atom. The SMILES string of the molecule is CC(CCS(C)=O)NC1CCOC2(CCOCC2)C1. The first-order valence-corrected chi connectivity index (χ1v) is 9.10. The van der Waals surface area contributed by atoms with Gasteiger partial charge in [-0.05, 0) is 39.0 Å². The van der Waals surface area contributed by atoms with Crippen molar-refractivity contribution in [2.45, 2.75) is 56.7 Å². The van der Waals surface area contributed by atoms with E-state index in [9.17, 15) is 4.21 Å². The smallest absolute Gasteiger partial charge is 0.0741 e. The minimum absolute atomic E-state index is 0.0570. The zero-order valence-electron chi connectivity index (χ0n) is 12.2. The Morgan fingerprint density at radius 1 is 1.37 bits per heavy atom. The van der Waals surface area contributed by atoms with Gasteiger partial charge >= 0.3 is 0 Å². The van der Waals surface area contributed by atoms with Gasteiger partial charge in [-0.25, -0.2) is 0 Å². The van der Waals surface area contributed by atoms with E-state index in [1.54, 1.807) is 6.26 Å². The van der Waals surface area contributed by atoms with Gasteiger partial charge in [-0.2, -0.15) is 0 Å². The molecule has 2 fully saturated rings. The quantitative estimate of drug-likeness (QED) is 0.832. The Bertz CT molecular complexity index is 300. The zero-order valence-corrected chi connectivity index (χ0v) is 13.0. The third kappa shape index (κ3) is 4.81. The Balaban J connectivity index is 1.78. The zero-order chi connectivity index (χ0) is 13.7. The van der Waals surface area contributed by atoms with Crippen LogP contribution in [0.5, 0.6) is 0 Å². The highest BCUT2D eigenvalue weighted by atomic mass is 32.2. The van der Waals surface area contributed by atoms with Gasteiger partial charge in [0.2, 0.25) is 0 Å². The molecule has 0 aromatic carbocycles. The standard InChI is InChI=1S/C14H27NO3S/c1-12(4-10-19(2)16)15-13-3-7-18-14(11-13)5-8-17-9-6-14/h12-13,15H,3-11H2,1-2H3. The second-order valence-corrected chi connectivity index (χ2v) is 7.52. The second-order valence-electron chi connectivity index (χ2n) is 5.97. The highest BCUT2D eigenvalue weighted by Gasteiger charge is 2.39. The molecular formula is C14H27NO3S. The van der Waals surface area contributed by atoms with Crippen molar-refractivity contribution in [2.24, 2.45) is 0 Å². The molecule has 112 valence electrons. The average molecular weight is 289 g/mol. The van der Waals surface area contributed by atoms with Gasteiger partial charge in [0.15, 0.2) is 0 Å². The Hall–Kier alpha value is 0.0300. The number of hydrogen-bond acceptors (Lipinski definition) is 4. The molecule has 2 heterocycles. The summed E-state index contributed by atoms with van der Waals surface area (Å²) in [5.41, 5.74) is 0.0570. The first kappa shape index (κ1) is 15.4. The molecule has 0 amide bonds. The van der Waals surface area contributed by atoms with Crippen molar-refractivity contribution in [3.8, 4) is 0 Å². The molecule has 0 aromatic heterocycles. The molecule has 3 atom stereocenters. The summed E-state index contributed by atoms with van der Waals surface area (Å²) >= 11 is 0. The van der Waals surface area contributed by atoms with Crippen molar-refractivity contribution < 1.29 is 13.7 Å². The minimum Gasteiger partial charge on any atom is -0.381 e. The van der Waals surface area contributed by atoms with Crippen LogP contribution in [0.4, 0.5) is 0 Å². The summed E-state index contributed by atoms with van der Waals surface area (Å²) in [7, 11) is -0.685. The summed E-state index contributed by atoms with van der Waals surface area (Å²) < 4.78 is 22.6. The summed E-state index contributed by atoms with van der Waals surface area (Å²) in [5.74, 6) is 0.788. The van der Waals surface area contributed by atoms with Crippen molar-refractivity contribution in [1.82, 2.24) is 5.32 Å². The summed E-state index contributed by atoms with van der Waals surface area (Å²) in [5, 5.41) is 3.69. The molecule has 3 unspecified atom stereocenters. The van der Waals surface area contributed by atoms with Gasteiger partial charge in [0.05, 0.1) is 5.60 Å². The molecule has 2 aliphatic rings. The lowest BCUT2D eigenvalue weighted by Gasteiger charge is -2.44. The molecule has 0 radical (unpaired) electrons. The fraction of sp³-hybridized carbons (Fsp3) is 1.00. The van der Waals surface area contributed by atoms with Gasteiger partial charge in [0.1, 0.15) is 0 Å². The van der Waals surface area contributed by atoms with Crippen LogP contribution in [0.1, 0.15) is 39.0 Å². The Morgan fingerprint density at radius 3 is 2.79 bits per heavy atom. The topological polar surface area (TPSA) is 47.6 Å². The summed E-state index contributed by atoms with van der Waals surface area (Å²) in [6, 6.07) is 0.969. The molecule has 0 saturated carbocycles. The van der Waals surface area contributed by atoms with Crippen molar-refractivity contribution in [3.05, 3.63) is 0 Å². The minimum atomic E-state index is -0.685. The third-order valence-corrected chi connectivity index (χ3v) is 5.07. The number of nitrogens with one attached hydrogen (secondary N) is 1. The van der Waals surface area contributed by atoms with E-state index in [0.717, 1.165) is 57.7 Å². The molecule has 1 N–H and O–H groups in total. The van der Waals surface area contributed by atoms with Crippen LogP contribution in [0, 0.1) is 0 Å². The van der Waals surface area contributed by atoms with Crippen LogP contribution in [0.3, 0.4) is 0 Å². The van der Waals surface area contributed by atoms with Crippen LogP contribution in [-0.4, -0.2) is 53.7 Å². The lowest BCUT2D eigenvalue weighted by atomic mass is 9.84. The molecule has 1 spiro atoms. The average Bonchev–Trinajstić information content (AvgIpc) is 2.37. The number of hydrogen-bond donors (Lipinski definition) is 1. The van der Waals surface area contributed by atoms with Crippen molar-refractivity contribution in [1.29, 1.82) is 0 Å². The van der Waals surface area contributed by atoms with E-state index < -0.39 is 10.8 Å². The molecule has 0 aliphatic carbocycles. The molecule has 4 nitrogen and oxygen atoms in total. The number of ether oxygens (including phenoxy) is 2. The monoisotopic (exact) mass is 289 g/mol. The van der Waals surface area contributed by atoms with E-state index in [2.05, 4.69) is 12.2 Å². The molecular weight excluding hydrogens is 262 g/mol. The molecule has 0 aromatic rings. The van der Waals surface area contributed by atoms with Crippen LogP contribution in [0.2, 0.25) is 0 Å². The van der Waals surface area contributed by atoms with Crippen LogP contribution < -0.4 is 5.32 Å². The maximum Gasteiger partial charge on any atom is 0.0741 e. The highest BCUT2D eigenvalue weighted by molar-refractivity contribution is 7.84. The van der Waals surface area contributed by atoms with Crippen molar-refractivity contribution in [3.63, 3.8) is 0 Å². The number of rotatable bonds is 5. The first-order valence-electron chi connectivity index (χ1n) is 7.37. The van der Waals surface area contributed by atoms with E-state index in [4.69, 9.17) is 9.47 Å². The molecule has 5 heteroatoms. The van der Waals surface area contributed by atoms with Crippen LogP contribution in [0.25, 0.3) is 0 Å². The maximum absolute atomic E-state index is 11.1. The van der Waals surface area contributed by atoms with Crippen LogP contribution >= 0.6 is 0 Å².